The lowest BCUT2D eigenvalue weighted by atomic mass is 9.99. The molecule has 0 radical (unpaired) electrons. The minimum absolute atomic E-state index is 0.0183. The van der Waals surface area contributed by atoms with Crippen LogP contribution < -0.4 is 9.47 Å². The first-order chi connectivity index (χ1) is 14.8. The summed E-state index contributed by atoms with van der Waals surface area (Å²) >= 11 is 0. The van der Waals surface area contributed by atoms with E-state index < -0.39 is 61.9 Å². The van der Waals surface area contributed by atoms with E-state index in [1.165, 1.54) is 25.3 Å². The molecule has 1 aromatic carbocycles. The number of benzene rings is 1. The fourth-order valence-electron chi connectivity index (χ4n) is 3.23. The van der Waals surface area contributed by atoms with Crippen LogP contribution in [0.15, 0.2) is 18.2 Å². The summed E-state index contributed by atoms with van der Waals surface area (Å²) in [6.45, 7) is -0.706. The van der Waals surface area contributed by atoms with Crippen LogP contribution in [0.2, 0.25) is 0 Å². The average Bonchev–Trinajstić information content (AvgIpc) is 2.78. The summed E-state index contributed by atoms with van der Waals surface area (Å²) in [5.41, 5.74) is 0.135. The van der Waals surface area contributed by atoms with Gasteiger partial charge in [0, 0.05) is 6.07 Å². The van der Waals surface area contributed by atoms with Crippen molar-refractivity contribution in [3.8, 4) is 11.5 Å². The fourth-order valence-corrected chi connectivity index (χ4v) is 3.23. The summed E-state index contributed by atoms with van der Waals surface area (Å²) in [5, 5.41) is 59.8. The Hall–Kier alpha value is -1.87. The standard InChI is InChI=1S/C19H26O12/c1-27-9-3-2-8(5-20)11(4-9)30-19-17(26)15(24)14(23)12(31-19)7-29-18-16(25)13(22)10(21)6-28-18/h2-5,10,12-19,21-26H,6-7H2,1H3. The Kier molecular flexibility index (Phi) is 7.80. The molecule has 12 heteroatoms. The first-order valence-corrected chi connectivity index (χ1v) is 9.53. The predicted molar refractivity (Wildman–Crippen MR) is 99.4 cm³/mol. The van der Waals surface area contributed by atoms with Gasteiger partial charge in [-0.3, -0.25) is 4.79 Å². The number of aldehydes is 1. The van der Waals surface area contributed by atoms with Gasteiger partial charge in [0.1, 0.15) is 54.2 Å². The summed E-state index contributed by atoms with van der Waals surface area (Å²) < 4.78 is 26.6. The second-order valence-electron chi connectivity index (χ2n) is 7.24. The van der Waals surface area contributed by atoms with Crippen molar-refractivity contribution < 1.29 is 59.1 Å². The van der Waals surface area contributed by atoms with Gasteiger partial charge in [-0.1, -0.05) is 0 Å². The van der Waals surface area contributed by atoms with Crippen LogP contribution in [0.4, 0.5) is 0 Å². The summed E-state index contributed by atoms with van der Waals surface area (Å²) in [7, 11) is 1.41. The van der Waals surface area contributed by atoms with Gasteiger partial charge in [-0.2, -0.15) is 0 Å². The van der Waals surface area contributed by atoms with Gasteiger partial charge in [0.2, 0.25) is 6.29 Å². The normalized spacial score (nSPS) is 38.5. The van der Waals surface area contributed by atoms with Gasteiger partial charge in [-0.05, 0) is 12.1 Å². The molecule has 2 saturated heterocycles. The van der Waals surface area contributed by atoms with Crippen molar-refractivity contribution in [2.75, 3.05) is 20.3 Å². The zero-order chi connectivity index (χ0) is 22.7. The highest BCUT2D eigenvalue weighted by Gasteiger charge is 2.46. The highest BCUT2D eigenvalue weighted by molar-refractivity contribution is 5.79. The average molecular weight is 446 g/mol. The minimum Gasteiger partial charge on any atom is -0.497 e. The van der Waals surface area contributed by atoms with Crippen LogP contribution in [0.3, 0.4) is 0 Å². The van der Waals surface area contributed by atoms with Crippen LogP contribution in [0.1, 0.15) is 10.4 Å². The van der Waals surface area contributed by atoms with E-state index in [4.69, 9.17) is 23.7 Å². The number of carbonyl (C=O) groups is 1. The first kappa shape index (κ1) is 23.8. The predicted octanol–water partition coefficient (Wildman–Crippen LogP) is -2.85. The number of rotatable bonds is 7. The van der Waals surface area contributed by atoms with Crippen molar-refractivity contribution >= 4 is 6.29 Å². The van der Waals surface area contributed by atoms with Crippen molar-refractivity contribution in [1.29, 1.82) is 0 Å². The Bertz CT molecular complexity index is 745. The van der Waals surface area contributed by atoms with Gasteiger partial charge in [0.25, 0.3) is 0 Å². The Labute approximate surface area is 177 Å². The number of methoxy groups -OCH3 is 1. The third-order valence-electron chi connectivity index (χ3n) is 5.14. The SMILES string of the molecule is COc1ccc(C=O)c(OC2OC(COC3OCC(O)C(O)C3O)C(O)C(O)C2O)c1. The Morgan fingerprint density at radius 3 is 2.39 bits per heavy atom. The van der Waals surface area contributed by atoms with E-state index in [0.717, 1.165) is 0 Å². The Morgan fingerprint density at radius 2 is 1.71 bits per heavy atom. The topological polar surface area (TPSA) is 185 Å². The molecule has 9 atom stereocenters. The second kappa shape index (κ2) is 10.2. The highest BCUT2D eigenvalue weighted by atomic mass is 16.7. The number of carbonyl (C=O) groups excluding carboxylic acids is 1. The van der Waals surface area contributed by atoms with Gasteiger partial charge < -0.3 is 54.3 Å². The molecule has 2 aliphatic rings. The van der Waals surface area contributed by atoms with E-state index in [1.807, 2.05) is 0 Å². The molecule has 174 valence electrons. The Morgan fingerprint density at radius 1 is 1.00 bits per heavy atom. The molecule has 0 aliphatic carbocycles. The molecular weight excluding hydrogens is 420 g/mol. The molecule has 0 spiro atoms. The molecule has 2 heterocycles. The molecule has 31 heavy (non-hydrogen) atoms. The number of hydrogen-bond acceptors (Lipinski definition) is 12. The van der Waals surface area contributed by atoms with Crippen LogP contribution in [0, 0.1) is 0 Å². The van der Waals surface area contributed by atoms with E-state index in [0.29, 0.717) is 12.0 Å². The van der Waals surface area contributed by atoms with E-state index in [2.05, 4.69) is 0 Å². The van der Waals surface area contributed by atoms with E-state index in [1.54, 1.807) is 0 Å². The maximum Gasteiger partial charge on any atom is 0.229 e. The maximum absolute atomic E-state index is 11.3. The van der Waals surface area contributed by atoms with Crippen molar-refractivity contribution in [3.05, 3.63) is 23.8 Å². The molecular formula is C19H26O12. The van der Waals surface area contributed by atoms with Crippen LogP contribution in [0.5, 0.6) is 11.5 Å². The summed E-state index contributed by atoms with van der Waals surface area (Å²) in [6.07, 6.45) is -12.8. The molecule has 0 saturated carbocycles. The molecule has 1 aromatic rings. The molecule has 6 N–H and O–H groups in total. The second-order valence-corrected chi connectivity index (χ2v) is 7.24. The zero-order valence-corrected chi connectivity index (χ0v) is 16.6. The third-order valence-corrected chi connectivity index (χ3v) is 5.14. The van der Waals surface area contributed by atoms with Crippen molar-refractivity contribution in [2.24, 2.45) is 0 Å². The lowest BCUT2D eigenvalue weighted by Crippen LogP contribution is -2.61. The highest BCUT2D eigenvalue weighted by Crippen LogP contribution is 2.29. The summed E-state index contributed by atoms with van der Waals surface area (Å²) in [5.74, 6) is 0.389. The third kappa shape index (κ3) is 5.14. The quantitative estimate of drug-likeness (QED) is 0.236. The monoisotopic (exact) mass is 446 g/mol. The number of aliphatic hydroxyl groups excluding tert-OH is 6. The van der Waals surface area contributed by atoms with Crippen molar-refractivity contribution in [3.63, 3.8) is 0 Å². The molecule has 9 unspecified atom stereocenters. The van der Waals surface area contributed by atoms with E-state index in [-0.39, 0.29) is 17.9 Å². The van der Waals surface area contributed by atoms with Gasteiger partial charge in [-0.15, -0.1) is 0 Å². The zero-order valence-electron chi connectivity index (χ0n) is 16.6. The van der Waals surface area contributed by atoms with E-state index in [9.17, 15) is 35.4 Å². The van der Waals surface area contributed by atoms with E-state index >= 15 is 0 Å². The van der Waals surface area contributed by atoms with Crippen LogP contribution in [0.25, 0.3) is 0 Å². The van der Waals surface area contributed by atoms with Gasteiger partial charge in [0.05, 0.1) is 25.9 Å². The molecule has 3 rings (SSSR count). The summed E-state index contributed by atoms with van der Waals surface area (Å²) in [4.78, 5) is 11.3. The largest absolute Gasteiger partial charge is 0.497 e. The smallest absolute Gasteiger partial charge is 0.229 e. The lowest BCUT2D eigenvalue weighted by Gasteiger charge is -2.41. The molecule has 2 fully saturated rings. The van der Waals surface area contributed by atoms with Crippen molar-refractivity contribution in [2.45, 2.75) is 55.3 Å². The van der Waals surface area contributed by atoms with Gasteiger partial charge in [0.15, 0.2) is 12.6 Å². The fraction of sp³-hybridized carbons (Fsp3) is 0.632. The van der Waals surface area contributed by atoms with Crippen LogP contribution >= 0.6 is 0 Å². The number of aliphatic hydroxyl groups is 6. The molecule has 2 aliphatic heterocycles. The first-order valence-electron chi connectivity index (χ1n) is 9.53. The number of hydrogen-bond donors (Lipinski definition) is 6. The summed E-state index contributed by atoms with van der Waals surface area (Å²) in [6, 6.07) is 4.36. The molecule has 0 amide bonds. The van der Waals surface area contributed by atoms with Crippen molar-refractivity contribution in [1.82, 2.24) is 0 Å². The number of ether oxygens (including phenoxy) is 5. The lowest BCUT2D eigenvalue weighted by molar-refractivity contribution is -0.307. The van der Waals surface area contributed by atoms with Gasteiger partial charge >= 0.3 is 0 Å². The minimum atomic E-state index is -1.68. The van der Waals surface area contributed by atoms with Crippen LogP contribution in [-0.4, -0.2) is 113 Å². The Balaban J connectivity index is 1.69. The molecule has 12 nitrogen and oxygen atoms in total. The van der Waals surface area contributed by atoms with Crippen LogP contribution in [-0.2, 0) is 14.2 Å². The molecule has 0 bridgehead atoms. The maximum atomic E-state index is 11.3. The molecule has 0 aromatic heterocycles. The van der Waals surface area contributed by atoms with Gasteiger partial charge in [-0.25, -0.2) is 0 Å².